The number of hydrazone groups is 1. The quantitative estimate of drug-likeness (QED) is 0.642. The van der Waals surface area contributed by atoms with Crippen molar-refractivity contribution in [3.05, 3.63) is 35.4 Å². The smallest absolute Gasteiger partial charge is 0.273 e. The van der Waals surface area contributed by atoms with Crippen molar-refractivity contribution >= 4 is 22.1 Å². The molecule has 1 saturated heterocycles. The molecule has 0 aliphatic carbocycles. The first kappa shape index (κ1) is 19.4. The fraction of sp³-hybridized carbons (Fsp3) is 0.467. The zero-order valence-electron chi connectivity index (χ0n) is 13.5. The third-order valence-electron chi connectivity index (χ3n) is 3.87. The van der Waals surface area contributed by atoms with Crippen molar-refractivity contribution in [2.75, 3.05) is 19.3 Å². The molecule has 1 aliphatic rings. The Morgan fingerprint density at radius 3 is 2.68 bits per heavy atom. The summed E-state index contributed by atoms with van der Waals surface area (Å²) >= 11 is 0. The molecular weight excluding hydrogens is 359 g/mol. The van der Waals surface area contributed by atoms with Crippen LogP contribution < -0.4 is 5.43 Å². The molecule has 0 saturated carbocycles. The molecule has 0 aromatic heterocycles. The second-order valence-electron chi connectivity index (χ2n) is 5.78. The van der Waals surface area contributed by atoms with Gasteiger partial charge in [0, 0.05) is 18.7 Å². The lowest BCUT2D eigenvalue weighted by atomic mass is 9.99. The predicted octanol–water partition coefficient (Wildman–Crippen LogP) is 1.83. The maximum absolute atomic E-state index is 12.9. The minimum absolute atomic E-state index is 0.0410. The number of carbonyl (C=O) groups excluding carboxylic acids is 1. The number of carbonyl (C=O) groups is 1. The first-order valence-electron chi connectivity index (χ1n) is 7.53. The van der Waals surface area contributed by atoms with Crippen LogP contribution in [-0.2, 0) is 21.0 Å². The zero-order valence-corrected chi connectivity index (χ0v) is 14.3. The van der Waals surface area contributed by atoms with Crippen molar-refractivity contribution in [1.29, 1.82) is 0 Å². The molecule has 1 aliphatic heterocycles. The Morgan fingerprint density at radius 2 is 2.04 bits per heavy atom. The number of amides is 1. The first-order chi connectivity index (χ1) is 11.6. The van der Waals surface area contributed by atoms with Crippen LogP contribution in [0.2, 0.25) is 0 Å². The van der Waals surface area contributed by atoms with Crippen LogP contribution in [0.15, 0.2) is 29.4 Å². The Bertz CT molecular complexity index is 763. The van der Waals surface area contributed by atoms with Gasteiger partial charge >= 0.3 is 6.18 Å². The van der Waals surface area contributed by atoms with Crippen LogP contribution >= 0.6 is 0 Å². The van der Waals surface area contributed by atoms with Crippen molar-refractivity contribution in [2.24, 2.45) is 11.0 Å². The van der Waals surface area contributed by atoms with Crippen LogP contribution in [0.25, 0.3) is 0 Å². The summed E-state index contributed by atoms with van der Waals surface area (Å²) in [5, 5.41) is 3.59. The molecule has 1 fully saturated rings. The maximum Gasteiger partial charge on any atom is 0.417 e. The van der Waals surface area contributed by atoms with Gasteiger partial charge < -0.3 is 0 Å². The van der Waals surface area contributed by atoms with Crippen molar-refractivity contribution in [2.45, 2.75) is 19.0 Å². The highest BCUT2D eigenvalue weighted by atomic mass is 32.2. The van der Waals surface area contributed by atoms with Crippen LogP contribution in [0, 0.1) is 5.92 Å². The van der Waals surface area contributed by atoms with E-state index in [4.69, 9.17) is 0 Å². The Balaban J connectivity index is 2.02. The minimum Gasteiger partial charge on any atom is -0.273 e. The summed E-state index contributed by atoms with van der Waals surface area (Å²) in [5.41, 5.74) is 1.17. The molecule has 2 rings (SSSR count). The van der Waals surface area contributed by atoms with Gasteiger partial charge in [-0.1, -0.05) is 18.2 Å². The predicted molar refractivity (Wildman–Crippen MR) is 86.3 cm³/mol. The highest BCUT2D eigenvalue weighted by Crippen LogP contribution is 2.31. The van der Waals surface area contributed by atoms with E-state index in [1.165, 1.54) is 22.5 Å². The maximum atomic E-state index is 12.9. The van der Waals surface area contributed by atoms with Gasteiger partial charge in [0.15, 0.2) is 0 Å². The molecule has 1 heterocycles. The molecular formula is C15H18F3N3O3S. The monoisotopic (exact) mass is 377 g/mol. The highest BCUT2D eigenvalue weighted by molar-refractivity contribution is 7.88. The lowest BCUT2D eigenvalue weighted by Crippen LogP contribution is -2.44. The molecule has 1 aromatic carbocycles. The summed E-state index contributed by atoms with van der Waals surface area (Å²) < 4.78 is 62.9. The van der Waals surface area contributed by atoms with Gasteiger partial charge in [0.1, 0.15) is 0 Å². The Kier molecular flexibility index (Phi) is 5.83. The second-order valence-corrected chi connectivity index (χ2v) is 7.76. The van der Waals surface area contributed by atoms with Gasteiger partial charge in [-0.15, -0.1) is 0 Å². The average molecular weight is 377 g/mol. The third kappa shape index (κ3) is 5.27. The van der Waals surface area contributed by atoms with Gasteiger partial charge in [0.05, 0.1) is 24.0 Å². The highest BCUT2D eigenvalue weighted by Gasteiger charge is 2.33. The Morgan fingerprint density at radius 1 is 1.36 bits per heavy atom. The number of nitrogens with one attached hydrogen (secondary N) is 1. The summed E-state index contributed by atoms with van der Waals surface area (Å²) in [6.45, 7) is 0.393. The van der Waals surface area contributed by atoms with Crippen LogP contribution in [0.3, 0.4) is 0 Å². The van der Waals surface area contributed by atoms with Crippen molar-refractivity contribution in [1.82, 2.24) is 9.73 Å². The first-order valence-corrected chi connectivity index (χ1v) is 9.38. The van der Waals surface area contributed by atoms with Crippen molar-refractivity contribution in [3.8, 4) is 0 Å². The molecule has 0 bridgehead atoms. The number of benzene rings is 1. The average Bonchev–Trinajstić information content (AvgIpc) is 2.53. The molecule has 0 spiro atoms. The number of hydrogen-bond acceptors (Lipinski definition) is 4. The van der Waals surface area contributed by atoms with E-state index in [0.29, 0.717) is 19.4 Å². The molecule has 138 valence electrons. The topological polar surface area (TPSA) is 78.8 Å². The van der Waals surface area contributed by atoms with Crippen LogP contribution in [0.5, 0.6) is 0 Å². The number of nitrogens with zero attached hydrogens (tertiary/aromatic N) is 2. The fourth-order valence-electron chi connectivity index (χ4n) is 2.58. The number of hydrogen-bond donors (Lipinski definition) is 1. The van der Waals surface area contributed by atoms with Crippen LogP contribution in [-0.4, -0.2) is 44.2 Å². The SMILES string of the molecule is CS(=O)(=O)N1CCCC(C(=O)N/N=C/c2ccccc2C(F)(F)F)C1. The summed E-state index contributed by atoms with van der Waals surface area (Å²) in [6.07, 6.45) is -1.50. The number of rotatable bonds is 4. The van der Waals surface area contributed by atoms with Gasteiger partial charge in [-0.3, -0.25) is 4.79 Å². The minimum atomic E-state index is -4.52. The van der Waals surface area contributed by atoms with E-state index >= 15 is 0 Å². The lowest BCUT2D eigenvalue weighted by molar-refractivity contribution is -0.137. The molecule has 10 heteroatoms. The van der Waals surface area contributed by atoms with E-state index in [0.717, 1.165) is 18.5 Å². The van der Waals surface area contributed by atoms with Crippen LogP contribution in [0.1, 0.15) is 24.0 Å². The van der Waals surface area contributed by atoms with Gasteiger partial charge in [-0.05, 0) is 18.9 Å². The fourth-order valence-corrected chi connectivity index (χ4v) is 3.49. The molecule has 1 N–H and O–H groups in total. The summed E-state index contributed by atoms with van der Waals surface area (Å²) in [7, 11) is -3.39. The molecule has 6 nitrogen and oxygen atoms in total. The molecule has 1 amide bonds. The lowest BCUT2D eigenvalue weighted by Gasteiger charge is -2.29. The van der Waals surface area contributed by atoms with Crippen LogP contribution in [0.4, 0.5) is 13.2 Å². The normalized spacial score (nSPS) is 19.9. The summed E-state index contributed by atoms with van der Waals surface area (Å²) in [5.74, 6) is -1.10. The summed E-state index contributed by atoms with van der Waals surface area (Å²) in [6, 6.07) is 4.86. The zero-order chi connectivity index (χ0) is 18.7. The number of alkyl halides is 3. The molecule has 1 atom stereocenters. The number of sulfonamides is 1. The van der Waals surface area contributed by atoms with Gasteiger partial charge in [0.2, 0.25) is 15.9 Å². The van der Waals surface area contributed by atoms with E-state index in [2.05, 4.69) is 10.5 Å². The van der Waals surface area contributed by atoms with Gasteiger partial charge in [-0.25, -0.2) is 18.1 Å². The van der Waals surface area contributed by atoms with Gasteiger partial charge in [0.25, 0.3) is 0 Å². The van der Waals surface area contributed by atoms with Crippen molar-refractivity contribution < 1.29 is 26.4 Å². The molecule has 1 unspecified atom stereocenters. The number of halogens is 3. The molecule has 1 aromatic rings. The Labute approximate surface area is 143 Å². The van der Waals surface area contributed by atoms with E-state index in [1.807, 2.05) is 0 Å². The second kappa shape index (κ2) is 7.52. The van der Waals surface area contributed by atoms with E-state index in [9.17, 15) is 26.4 Å². The van der Waals surface area contributed by atoms with E-state index < -0.39 is 33.6 Å². The largest absolute Gasteiger partial charge is 0.417 e. The molecule has 25 heavy (non-hydrogen) atoms. The van der Waals surface area contributed by atoms with Gasteiger partial charge in [-0.2, -0.15) is 18.3 Å². The van der Waals surface area contributed by atoms with Crippen molar-refractivity contribution in [3.63, 3.8) is 0 Å². The van der Waals surface area contributed by atoms with E-state index in [-0.39, 0.29) is 12.1 Å². The summed E-state index contributed by atoms with van der Waals surface area (Å²) in [4.78, 5) is 12.1. The molecule has 0 radical (unpaired) electrons. The standard InChI is InChI=1S/C15H18F3N3O3S/c1-25(23,24)21-8-4-6-12(10-21)14(22)20-19-9-11-5-2-3-7-13(11)15(16,17)18/h2-3,5,7,9,12H,4,6,8,10H2,1H3,(H,20,22)/b19-9+. The Hall–Kier alpha value is -1.94. The number of piperidine rings is 1. The van der Waals surface area contributed by atoms with E-state index in [1.54, 1.807) is 0 Å². The third-order valence-corrected chi connectivity index (χ3v) is 5.14.